The van der Waals surface area contributed by atoms with E-state index in [0.717, 1.165) is 0 Å². The van der Waals surface area contributed by atoms with Gasteiger partial charge in [-0.15, -0.1) is 0 Å². The zero-order valence-corrected chi connectivity index (χ0v) is 9.24. The topological polar surface area (TPSA) is 53.1 Å². The normalized spacial score (nSPS) is 8.00. The van der Waals surface area contributed by atoms with Crippen molar-refractivity contribution < 1.29 is 12.8 Å². The fraction of sp³-hybridized carbons (Fsp3) is 0. The van der Waals surface area contributed by atoms with Gasteiger partial charge >= 0.3 is 54.9 Å². The number of aromatic nitrogens is 1. The van der Waals surface area contributed by atoms with Crippen LogP contribution < -0.4 is 0 Å². The molecule has 0 fully saturated rings. The molecule has 0 saturated carbocycles. The average Bonchev–Trinajstić information content (AvgIpc) is 2.12. The molecule has 0 unspecified atom stereocenters. The van der Waals surface area contributed by atoms with Crippen molar-refractivity contribution >= 4 is 54.9 Å². The van der Waals surface area contributed by atoms with Gasteiger partial charge in [0.1, 0.15) is 5.69 Å². The fourth-order valence-electron chi connectivity index (χ4n) is 0.463. The maximum atomic E-state index is 10.0. The Morgan fingerprint density at radius 2 is 2.44 bits per heavy atom. The fourth-order valence-corrected chi connectivity index (χ4v) is 0.463. The largest absolute Gasteiger partial charge is 2.00 e. The number of carboxylic acids is 1. The summed E-state index contributed by atoms with van der Waals surface area (Å²) in [4.78, 5) is 12.6. The minimum atomic E-state index is -0.921. The molecule has 46 valence electrons. The second-order valence-electron chi connectivity index (χ2n) is 1.39. The number of H-pyrrole nitrogens is 1. The molecule has 0 saturated heterocycles. The summed E-state index contributed by atoms with van der Waals surface area (Å²) in [5.74, 6) is -0.921. The van der Waals surface area contributed by atoms with Crippen LogP contribution in [-0.4, -0.2) is 64.9 Å². The van der Waals surface area contributed by atoms with Crippen LogP contribution in [0.25, 0.3) is 0 Å². The monoisotopic (exact) mass is 251 g/mol. The van der Waals surface area contributed by atoms with E-state index in [-0.39, 0.29) is 57.4 Å². The molecule has 1 heterocycles. The first-order valence-electron chi connectivity index (χ1n) is 2.17. The number of rotatable bonds is 1. The van der Waals surface area contributed by atoms with Gasteiger partial charge in [-0.3, -0.25) is 0 Å². The van der Waals surface area contributed by atoms with Gasteiger partial charge in [0.25, 0.3) is 0 Å². The second-order valence-corrected chi connectivity index (χ2v) is 1.39. The predicted molar refractivity (Wildman–Crippen MR) is 35.7 cm³/mol. The second kappa shape index (κ2) is 4.19. The molecule has 0 aliphatic heterocycles. The van der Waals surface area contributed by atoms with Crippen LogP contribution in [0.2, 0.25) is 0 Å². The minimum absolute atomic E-state index is 0. The molecule has 0 aromatic carbocycles. The van der Waals surface area contributed by atoms with E-state index in [1.165, 1.54) is 6.07 Å². The molecule has 0 aliphatic rings. The van der Waals surface area contributed by atoms with E-state index in [0.29, 0.717) is 0 Å². The Bertz CT molecular complexity index is 190. The van der Waals surface area contributed by atoms with Crippen LogP contribution in [0.4, 0.5) is 0 Å². The smallest absolute Gasteiger partial charge is 1.00 e. The molecular weight excluding hydrogens is 243 g/mol. The minimum Gasteiger partial charge on any atom is -1.00 e. The van der Waals surface area contributed by atoms with Gasteiger partial charge in [0.15, 0.2) is 0 Å². The maximum absolute atomic E-state index is 10.0. The zero-order chi connectivity index (χ0) is 5.98. The number of aromatic amines is 1. The van der Waals surface area contributed by atoms with Crippen molar-refractivity contribution in [3.8, 4) is 0 Å². The van der Waals surface area contributed by atoms with E-state index in [2.05, 4.69) is 4.98 Å². The molecule has 1 aromatic rings. The number of nitrogens with one attached hydrogen (secondary N) is 1. The number of hydrogen-bond acceptors (Lipinski definition) is 1. The van der Waals surface area contributed by atoms with E-state index < -0.39 is 5.97 Å². The molecule has 1 rings (SSSR count). The van der Waals surface area contributed by atoms with Crippen molar-refractivity contribution in [2.45, 2.75) is 0 Å². The Morgan fingerprint density at radius 3 is 2.67 bits per heavy atom. The van der Waals surface area contributed by atoms with Gasteiger partial charge in [-0.2, -0.15) is 0 Å². The Balaban J connectivity index is -0.000000213. The van der Waals surface area contributed by atoms with E-state index in [1.807, 2.05) is 0 Å². The van der Waals surface area contributed by atoms with E-state index >= 15 is 0 Å². The molecule has 4 heteroatoms. The van der Waals surface area contributed by atoms with Gasteiger partial charge in [-0.05, 0) is 12.1 Å². The van der Waals surface area contributed by atoms with Crippen LogP contribution in [-0.2, 0) is 0 Å². The van der Waals surface area contributed by atoms with Crippen molar-refractivity contribution in [2.75, 3.05) is 0 Å². The van der Waals surface area contributed by atoms with Crippen LogP contribution in [0.3, 0.4) is 0 Å². The molecule has 1 aromatic heterocycles. The number of aromatic carboxylic acids is 1. The summed E-state index contributed by atoms with van der Waals surface area (Å²) >= 11 is 0. The standard InChI is InChI=1S/C5H5NO2.Ba.2H/c7-5(8)4-2-1-3-6-4;;;/h1-3,6H,(H,7,8);;;/q;+2;2*-1. The first kappa shape index (κ1) is 9.32. The van der Waals surface area contributed by atoms with Crippen molar-refractivity contribution in [3.63, 3.8) is 0 Å². The Kier molecular flexibility index (Phi) is 4.34. The van der Waals surface area contributed by atoms with Gasteiger partial charge < -0.3 is 12.9 Å². The van der Waals surface area contributed by atoms with Crippen molar-refractivity contribution in [2.24, 2.45) is 0 Å². The van der Waals surface area contributed by atoms with Gasteiger partial charge in [0.2, 0.25) is 0 Å². The molecule has 3 nitrogen and oxygen atoms in total. The number of hydrogen-bond donors (Lipinski definition) is 2. The zero-order valence-electron chi connectivity index (χ0n) is 6.79. The number of carboxylic acid groups (broad SMARTS) is 1. The first-order chi connectivity index (χ1) is 3.80. The molecule has 9 heavy (non-hydrogen) atoms. The summed E-state index contributed by atoms with van der Waals surface area (Å²) in [7, 11) is 0. The Labute approximate surface area is 95.5 Å². The molecular formula is C5H7BaNO2. The molecule has 0 aliphatic carbocycles. The van der Waals surface area contributed by atoms with Crippen LogP contribution in [0, 0.1) is 0 Å². The molecule has 0 spiro atoms. The summed E-state index contributed by atoms with van der Waals surface area (Å²) in [5, 5.41) is 8.24. The first-order valence-corrected chi connectivity index (χ1v) is 2.17. The average molecular weight is 250 g/mol. The maximum Gasteiger partial charge on any atom is 2.00 e. The van der Waals surface area contributed by atoms with Gasteiger partial charge in [-0.25, -0.2) is 4.79 Å². The Hall–Kier alpha value is 0.321. The summed E-state index contributed by atoms with van der Waals surface area (Å²) in [5.41, 5.74) is 0.227. The summed E-state index contributed by atoms with van der Waals surface area (Å²) in [6, 6.07) is 3.14. The summed E-state index contributed by atoms with van der Waals surface area (Å²) in [6.07, 6.45) is 1.57. The van der Waals surface area contributed by atoms with Crippen molar-refractivity contribution in [1.82, 2.24) is 4.98 Å². The molecule has 2 N–H and O–H groups in total. The quantitative estimate of drug-likeness (QED) is 0.716. The van der Waals surface area contributed by atoms with Crippen molar-refractivity contribution in [3.05, 3.63) is 24.0 Å². The van der Waals surface area contributed by atoms with Crippen LogP contribution >= 0.6 is 0 Å². The summed E-state index contributed by atoms with van der Waals surface area (Å²) in [6.45, 7) is 0. The van der Waals surface area contributed by atoms with Crippen LogP contribution in [0.15, 0.2) is 18.3 Å². The van der Waals surface area contributed by atoms with Crippen LogP contribution in [0.1, 0.15) is 13.3 Å². The molecule has 0 atom stereocenters. The third kappa shape index (κ3) is 2.59. The van der Waals surface area contributed by atoms with E-state index in [4.69, 9.17) is 5.11 Å². The number of carbonyl (C=O) groups is 1. The SMILES string of the molecule is O=C(O)c1ccc[nH]1.[Ba+2].[H-].[H-]. The third-order valence-corrected chi connectivity index (χ3v) is 0.828. The van der Waals surface area contributed by atoms with E-state index in [9.17, 15) is 4.79 Å². The third-order valence-electron chi connectivity index (χ3n) is 0.828. The van der Waals surface area contributed by atoms with Crippen LogP contribution in [0.5, 0.6) is 0 Å². The van der Waals surface area contributed by atoms with Gasteiger partial charge in [0, 0.05) is 6.20 Å². The van der Waals surface area contributed by atoms with Crippen molar-refractivity contribution in [1.29, 1.82) is 0 Å². The molecule has 0 bridgehead atoms. The summed E-state index contributed by atoms with van der Waals surface area (Å²) < 4.78 is 0. The molecule has 0 amide bonds. The van der Waals surface area contributed by atoms with Gasteiger partial charge in [0.05, 0.1) is 0 Å². The van der Waals surface area contributed by atoms with Gasteiger partial charge in [-0.1, -0.05) is 0 Å². The molecule has 0 radical (unpaired) electrons. The predicted octanol–water partition coefficient (Wildman–Crippen LogP) is 0.557. The Morgan fingerprint density at radius 1 is 1.78 bits per heavy atom. The van der Waals surface area contributed by atoms with E-state index in [1.54, 1.807) is 12.3 Å².